The zero-order chi connectivity index (χ0) is 21.6. The molecule has 4 rings (SSSR count). The van der Waals surface area contributed by atoms with Gasteiger partial charge in [-0.1, -0.05) is 31.2 Å². The highest BCUT2D eigenvalue weighted by atomic mass is 16.7. The molecule has 0 fully saturated rings. The van der Waals surface area contributed by atoms with Crippen molar-refractivity contribution in [1.82, 2.24) is 0 Å². The molecular formula is C24H22N2O5. The molecule has 3 aromatic rings. The monoisotopic (exact) mass is 418 g/mol. The van der Waals surface area contributed by atoms with Crippen LogP contribution in [0.3, 0.4) is 0 Å². The molecular weight excluding hydrogens is 396 g/mol. The SMILES string of the molecule is CCc1ccc(OCC(=O)Nc2ccccc2C(=O)Nc2ccc3c(c2)OCO3)cc1. The lowest BCUT2D eigenvalue weighted by molar-refractivity contribution is -0.118. The Morgan fingerprint density at radius 1 is 0.935 bits per heavy atom. The molecule has 0 saturated carbocycles. The third-order valence-electron chi connectivity index (χ3n) is 4.78. The van der Waals surface area contributed by atoms with Crippen molar-refractivity contribution in [2.24, 2.45) is 0 Å². The fourth-order valence-corrected chi connectivity index (χ4v) is 3.12. The molecule has 0 radical (unpaired) electrons. The number of para-hydroxylation sites is 1. The Morgan fingerprint density at radius 3 is 2.52 bits per heavy atom. The molecule has 0 unspecified atom stereocenters. The molecule has 7 heteroatoms. The van der Waals surface area contributed by atoms with Gasteiger partial charge in [-0.05, 0) is 48.4 Å². The second kappa shape index (κ2) is 9.21. The zero-order valence-corrected chi connectivity index (χ0v) is 17.0. The van der Waals surface area contributed by atoms with Crippen LogP contribution in [0.1, 0.15) is 22.8 Å². The van der Waals surface area contributed by atoms with Crippen molar-refractivity contribution in [2.75, 3.05) is 24.0 Å². The summed E-state index contributed by atoms with van der Waals surface area (Å²) < 4.78 is 16.2. The van der Waals surface area contributed by atoms with Crippen LogP contribution < -0.4 is 24.8 Å². The van der Waals surface area contributed by atoms with Crippen LogP contribution in [0, 0.1) is 0 Å². The van der Waals surface area contributed by atoms with Gasteiger partial charge in [0.2, 0.25) is 6.79 Å². The highest BCUT2D eigenvalue weighted by Crippen LogP contribution is 2.34. The van der Waals surface area contributed by atoms with Crippen molar-refractivity contribution in [2.45, 2.75) is 13.3 Å². The van der Waals surface area contributed by atoms with E-state index in [1.807, 2.05) is 24.3 Å². The van der Waals surface area contributed by atoms with E-state index in [4.69, 9.17) is 14.2 Å². The predicted molar refractivity (Wildman–Crippen MR) is 117 cm³/mol. The van der Waals surface area contributed by atoms with E-state index in [-0.39, 0.29) is 25.2 Å². The molecule has 1 aliphatic heterocycles. The summed E-state index contributed by atoms with van der Waals surface area (Å²) >= 11 is 0. The van der Waals surface area contributed by atoms with E-state index in [2.05, 4.69) is 17.6 Å². The van der Waals surface area contributed by atoms with Crippen LogP contribution in [0.15, 0.2) is 66.7 Å². The van der Waals surface area contributed by atoms with Crippen LogP contribution in [-0.2, 0) is 11.2 Å². The molecule has 0 saturated heterocycles. The third-order valence-corrected chi connectivity index (χ3v) is 4.78. The molecule has 3 aromatic carbocycles. The summed E-state index contributed by atoms with van der Waals surface area (Å²) in [5.74, 6) is 1.11. The van der Waals surface area contributed by atoms with E-state index in [1.54, 1.807) is 42.5 Å². The summed E-state index contributed by atoms with van der Waals surface area (Å²) in [4.78, 5) is 25.2. The topological polar surface area (TPSA) is 85.9 Å². The second-order valence-corrected chi connectivity index (χ2v) is 6.90. The standard InChI is InChI=1S/C24H22N2O5/c1-2-16-7-10-18(11-8-16)29-14-23(27)26-20-6-4-3-5-19(20)24(28)25-17-9-12-21-22(13-17)31-15-30-21/h3-13H,2,14-15H2,1H3,(H,25,28)(H,26,27). The normalized spacial score (nSPS) is 11.6. The van der Waals surface area contributed by atoms with E-state index in [0.29, 0.717) is 34.2 Å². The summed E-state index contributed by atoms with van der Waals surface area (Å²) in [5.41, 5.74) is 2.49. The van der Waals surface area contributed by atoms with Gasteiger partial charge in [0.05, 0.1) is 11.3 Å². The Hall–Kier alpha value is -4.00. The number of hydrogen-bond acceptors (Lipinski definition) is 5. The lowest BCUT2D eigenvalue weighted by Crippen LogP contribution is -2.22. The van der Waals surface area contributed by atoms with Gasteiger partial charge in [-0.15, -0.1) is 0 Å². The maximum Gasteiger partial charge on any atom is 0.262 e. The number of nitrogens with one attached hydrogen (secondary N) is 2. The lowest BCUT2D eigenvalue weighted by Gasteiger charge is -2.12. The second-order valence-electron chi connectivity index (χ2n) is 6.90. The number of aryl methyl sites for hydroxylation is 1. The van der Waals surface area contributed by atoms with Crippen molar-refractivity contribution in [3.05, 3.63) is 77.9 Å². The van der Waals surface area contributed by atoms with Gasteiger partial charge in [0.15, 0.2) is 18.1 Å². The van der Waals surface area contributed by atoms with Gasteiger partial charge in [0, 0.05) is 11.8 Å². The summed E-state index contributed by atoms with van der Waals surface area (Å²) in [6.45, 7) is 2.07. The Kier molecular flexibility index (Phi) is 6.03. The van der Waals surface area contributed by atoms with Gasteiger partial charge in [-0.2, -0.15) is 0 Å². The average Bonchev–Trinajstić information content (AvgIpc) is 3.26. The van der Waals surface area contributed by atoms with Crippen molar-refractivity contribution >= 4 is 23.2 Å². The number of fused-ring (bicyclic) bond motifs is 1. The van der Waals surface area contributed by atoms with Crippen LogP contribution >= 0.6 is 0 Å². The summed E-state index contributed by atoms with van der Waals surface area (Å²) in [6, 6.07) is 19.5. The number of benzene rings is 3. The number of ether oxygens (including phenoxy) is 3. The fraction of sp³-hybridized carbons (Fsp3) is 0.167. The number of carbonyl (C=O) groups is 2. The Balaban J connectivity index is 1.39. The molecule has 0 atom stereocenters. The number of hydrogen-bond donors (Lipinski definition) is 2. The minimum Gasteiger partial charge on any atom is -0.484 e. The van der Waals surface area contributed by atoms with Crippen molar-refractivity contribution in [3.63, 3.8) is 0 Å². The highest BCUT2D eigenvalue weighted by molar-refractivity contribution is 6.10. The molecule has 0 aliphatic carbocycles. The summed E-state index contributed by atoms with van der Waals surface area (Å²) in [6.07, 6.45) is 0.936. The number of anilines is 2. The minimum atomic E-state index is -0.358. The van der Waals surface area contributed by atoms with Crippen LogP contribution in [-0.4, -0.2) is 25.2 Å². The van der Waals surface area contributed by atoms with E-state index >= 15 is 0 Å². The molecule has 2 N–H and O–H groups in total. The van der Waals surface area contributed by atoms with Crippen molar-refractivity contribution in [1.29, 1.82) is 0 Å². The maximum atomic E-state index is 12.8. The van der Waals surface area contributed by atoms with Gasteiger partial charge >= 0.3 is 0 Å². The van der Waals surface area contributed by atoms with Crippen LogP contribution in [0.25, 0.3) is 0 Å². The van der Waals surface area contributed by atoms with Crippen LogP contribution in [0.5, 0.6) is 17.2 Å². The Labute approximate surface area is 179 Å². The van der Waals surface area contributed by atoms with Gasteiger partial charge in [0.25, 0.3) is 11.8 Å². The molecule has 0 spiro atoms. The first kappa shape index (κ1) is 20.3. The quantitative estimate of drug-likeness (QED) is 0.599. The molecule has 31 heavy (non-hydrogen) atoms. The van der Waals surface area contributed by atoms with Crippen molar-refractivity contribution < 1.29 is 23.8 Å². The van der Waals surface area contributed by atoms with Crippen LogP contribution in [0.4, 0.5) is 11.4 Å². The fourth-order valence-electron chi connectivity index (χ4n) is 3.12. The lowest BCUT2D eigenvalue weighted by atomic mass is 10.1. The molecule has 0 bridgehead atoms. The Bertz CT molecular complexity index is 1100. The maximum absolute atomic E-state index is 12.8. The number of rotatable bonds is 7. The minimum absolute atomic E-state index is 0.159. The van der Waals surface area contributed by atoms with Gasteiger partial charge in [-0.25, -0.2) is 0 Å². The van der Waals surface area contributed by atoms with E-state index in [1.165, 1.54) is 5.56 Å². The predicted octanol–water partition coefficient (Wildman–Crippen LogP) is 4.25. The number of carbonyl (C=O) groups excluding carboxylic acids is 2. The first-order valence-corrected chi connectivity index (χ1v) is 9.94. The molecule has 1 heterocycles. The molecule has 1 aliphatic rings. The van der Waals surface area contributed by atoms with Crippen molar-refractivity contribution in [3.8, 4) is 17.2 Å². The summed E-state index contributed by atoms with van der Waals surface area (Å²) in [5, 5.41) is 5.56. The Morgan fingerprint density at radius 2 is 1.71 bits per heavy atom. The van der Waals surface area contributed by atoms with Gasteiger partial charge in [-0.3, -0.25) is 9.59 Å². The van der Waals surface area contributed by atoms with E-state index < -0.39 is 0 Å². The molecule has 2 amide bonds. The van der Waals surface area contributed by atoms with Gasteiger partial charge < -0.3 is 24.8 Å². The highest BCUT2D eigenvalue weighted by Gasteiger charge is 2.17. The third kappa shape index (κ3) is 4.95. The molecule has 0 aromatic heterocycles. The van der Waals surface area contributed by atoms with E-state index in [0.717, 1.165) is 6.42 Å². The van der Waals surface area contributed by atoms with Crippen LogP contribution in [0.2, 0.25) is 0 Å². The van der Waals surface area contributed by atoms with Gasteiger partial charge in [0.1, 0.15) is 5.75 Å². The first-order chi connectivity index (χ1) is 15.1. The first-order valence-electron chi connectivity index (χ1n) is 9.94. The van der Waals surface area contributed by atoms with E-state index in [9.17, 15) is 9.59 Å². The largest absolute Gasteiger partial charge is 0.484 e. The zero-order valence-electron chi connectivity index (χ0n) is 17.0. The number of amides is 2. The molecule has 7 nitrogen and oxygen atoms in total. The smallest absolute Gasteiger partial charge is 0.262 e. The summed E-state index contributed by atoms with van der Waals surface area (Å²) in [7, 11) is 0. The average molecular weight is 418 g/mol. The molecule has 158 valence electrons.